The van der Waals surface area contributed by atoms with Gasteiger partial charge in [0.15, 0.2) is 0 Å². The Morgan fingerprint density at radius 2 is 1.59 bits per heavy atom. The highest BCUT2D eigenvalue weighted by atomic mass is 15.0. The van der Waals surface area contributed by atoms with E-state index in [2.05, 4.69) is 78.2 Å². The van der Waals surface area contributed by atoms with Crippen molar-refractivity contribution in [3.05, 3.63) is 83.6 Å². The van der Waals surface area contributed by atoms with E-state index >= 15 is 0 Å². The van der Waals surface area contributed by atoms with Gasteiger partial charge >= 0.3 is 0 Å². The molecule has 0 radical (unpaired) electrons. The molecule has 1 aliphatic rings. The first-order valence-corrected chi connectivity index (χ1v) is 9.72. The van der Waals surface area contributed by atoms with Gasteiger partial charge in [-0.3, -0.25) is 4.98 Å². The number of para-hydroxylation sites is 2. The Hall–Kier alpha value is -3.13. The molecule has 0 unspecified atom stereocenters. The number of aromatic nitrogens is 2. The van der Waals surface area contributed by atoms with E-state index in [4.69, 9.17) is 4.98 Å². The molecule has 5 aromatic rings. The number of hydrogen-bond acceptors (Lipinski definition) is 1. The summed E-state index contributed by atoms with van der Waals surface area (Å²) in [5, 5.41) is 3.77. The number of pyridine rings is 1. The summed E-state index contributed by atoms with van der Waals surface area (Å²) in [7, 11) is 0. The number of nitrogens with zero attached hydrogens (tertiary/aromatic N) is 2. The van der Waals surface area contributed by atoms with E-state index in [1.165, 1.54) is 63.3 Å². The number of aryl methyl sites for hydroxylation is 3. The molecule has 27 heavy (non-hydrogen) atoms. The molecule has 0 N–H and O–H groups in total. The van der Waals surface area contributed by atoms with Gasteiger partial charge in [0.1, 0.15) is 0 Å². The first-order chi connectivity index (χ1) is 13.3. The normalized spacial score (nSPS) is 13.7. The zero-order valence-corrected chi connectivity index (χ0v) is 15.4. The van der Waals surface area contributed by atoms with Crippen molar-refractivity contribution in [3.8, 4) is 5.69 Å². The lowest BCUT2D eigenvalue weighted by molar-refractivity contribution is 0.911. The zero-order chi connectivity index (χ0) is 18.0. The summed E-state index contributed by atoms with van der Waals surface area (Å²) in [6.07, 6.45) is 3.69. The molecular formula is C25H20N2. The van der Waals surface area contributed by atoms with Crippen molar-refractivity contribution in [1.29, 1.82) is 0 Å². The Morgan fingerprint density at radius 3 is 2.52 bits per heavy atom. The minimum absolute atomic E-state index is 1.06. The van der Waals surface area contributed by atoms with Crippen LogP contribution < -0.4 is 0 Å². The number of hydrogen-bond donors (Lipinski definition) is 0. The molecule has 130 valence electrons. The minimum atomic E-state index is 1.06. The van der Waals surface area contributed by atoms with Gasteiger partial charge < -0.3 is 4.57 Å². The van der Waals surface area contributed by atoms with Gasteiger partial charge in [-0.1, -0.05) is 42.5 Å². The van der Waals surface area contributed by atoms with Crippen LogP contribution in [0.5, 0.6) is 0 Å². The topological polar surface area (TPSA) is 17.8 Å². The van der Waals surface area contributed by atoms with Gasteiger partial charge in [0.05, 0.1) is 16.6 Å². The molecule has 0 amide bonds. The first kappa shape index (κ1) is 15.0. The van der Waals surface area contributed by atoms with Crippen LogP contribution in [0.25, 0.3) is 38.4 Å². The van der Waals surface area contributed by atoms with Crippen LogP contribution in [0.15, 0.2) is 66.7 Å². The van der Waals surface area contributed by atoms with Crippen molar-refractivity contribution in [2.24, 2.45) is 0 Å². The lowest BCUT2D eigenvalue weighted by Crippen LogP contribution is -1.97. The summed E-state index contributed by atoms with van der Waals surface area (Å²) in [5.41, 5.74) is 8.98. The van der Waals surface area contributed by atoms with E-state index in [1.54, 1.807) is 0 Å². The molecule has 2 nitrogen and oxygen atoms in total. The molecule has 0 aliphatic heterocycles. The van der Waals surface area contributed by atoms with E-state index < -0.39 is 0 Å². The van der Waals surface area contributed by atoms with Crippen LogP contribution in [0.3, 0.4) is 0 Å². The molecule has 2 heteroatoms. The highest BCUT2D eigenvalue weighted by Gasteiger charge is 2.19. The average Bonchev–Trinajstić information content (AvgIpc) is 3.30. The first-order valence-electron chi connectivity index (χ1n) is 9.72. The van der Waals surface area contributed by atoms with Gasteiger partial charge in [0.25, 0.3) is 0 Å². The predicted molar refractivity (Wildman–Crippen MR) is 113 cm³/mol. The third kappa shape index (κ3) is 2.04. The van der Waals surface area contributed by atoms with E-state index in [1.807, 2.05) is 0 Å². The lowest BCUT2D eigenvalue weighted by atomic mass is 10.1. The second-order valence-electron chi connectivity index (χ2n) is 7.60. The zero-order valence-electron chi connectivity index (χ0n) is 15.4. The van der Waals surface area contributed by atoms with Crippen molar-refractivity contribution in [1.82, 2.24) is 9.55 Å². The van der Waals surface area contributed by atoms with Gasteiger partial charge in [-0.15, -0.1) is 0 Å². The molecular weight excluding hydrogens is 328 g/mol. The third-order valence-electron chi connectivity index (χ3n) is 6.02. The lowest BCUT2D eigenvalue weighted by Gasteiger charge is -2.12. The molecule has 0 saturated carbocycles. The summed E-state index contributed by atoms with van der Waals surface area (Å²) in [5.74, 6) is 0. The Morgan fingerprint density at radius 1 is 0.815 bits per heavy atom. The van der Waals surface area contributed by atoms with Gasteiger partial charge in [-0.05, 0) is 61.6 Å². The Kier molecular flexibility index (Phi) is 3.01. The number of fused-ring (bicyclic) bond motifs is 6. The third-order valence-corrected chi connectivity index (χ3v) is 6.02. The summed E-state index contributed by atoms with van der Waals surface area (Å²) in [6.45, 7) is 2.13. The average molecular weight is 348 g/mol. The smallest absolute Gasteiger partial charge is 0.0726 e. The molecule has 0 spiro atoms. The molecule has 6 rings (SSSR count). The van der Waals surface area contributed by atoms with Crippen LogP contribution in [0.2, 0.25) is 0 Å². The van der Waals surface area contributed by atoms with Crippen molar-refractivity contribution >= 4 is 32.7 Å². The minimum Gasteiger partial charge on any atom is -0.308 e. The molecule has 0 fully saturated rings. The monoisotopic (exact) mass is 348 g/mol. The highest BCUT2D eigenvalue weighted by Crippen LogP contribution is 2.38. The standard InChI is InChI=1S/C25H20N2/c1-16-24-21-10-3-5-12-23(21)27(19-14-13-17-7-6-8-18(17)15-19)25(24)20-9-2-4-11-22(20)26-16/h2-5,9-15H,6-8H2,1H3. The maximum Gasteiger partial charge on any atom is 0.0726 e. The van der Waals surface area contributed by atoms with Crippen LogP contribution in [-0.4, -0.2) is 9.55 Å². The maximum absolute atomic E-state index is 4.91. The van der Waals surface area contributed by atoms with E-state index in [0.29, 0.717) is 0 Å². The van der Waals surface area contributed by atoms with Gasteiger partial charge in [-0.25, -0.2) is 0 Å². The van der Waals surface area contributed by atoms with Gasteiger partial charge in [0.2, 0.25) is 0 Å². The van der Waals surface area contributed by atoms with Crippen molar-refractivity contribution < 1.29 is 0 Å². The largest absolute Gasteiger partial charge is 0.308 e. The summed E-state index contributed by atoms with van der Waals surface area (Å²) in [6, 6.07) is 24.3. The molecule has 2 heterocycles. The predicted octanol–water partition coefficient (Wildman–Crippen LogP) is 6.13. The van der Waals surface area contributed by atoms with Crippen LogP contribution >= 0.6 is 0 Å². The summed E-state index contributed by atoms with van der Waals surface area (Å²) >= 11 is 0. The van der Waals surface area contributed by atoms with Gasteiger partial charge in [0, 0.05) is 27.5 Å². The van der Waals surface area contributed by atoms with Crippen LogP contribution in [0.4, 0.5) is 0 Å². The van der Waals surface area contributed by atoms with E-state index in [0.717, 1.165) is 11.2 Å². The highest BCUT2D eigenvalue weighted by molar-refractivity contribution is 6.18. The van der Waals surface area contributed by atoms with Gasteiger partial charge in [-0.2, -0.15) is 0 Å². The van der Waals surface area contributed by atoms with Crippen molar-refractivity contribution in [2.45, 2.75) is 26.2 Å². The fourth-order valence-electron chi connectivity index (χ4n) is 4.83. The molecule has 0 bridgehead atoms. The molecule has 2 aromatic heterocycles. The summed E-state index contributed by atoms with van der Waals surface area (Å²) < 4.78 is 2.44. The van der Waals surface area contributed by atoms with Crippen molar-refractivity contribution in [2.75, 3.05) is 0 Å². The Labute approximate surface area is 158 Å². The molecule has 0 atom stereocenters. The molecule has 0 saturated heterocycles. The number of benzene rings is 3. The van der Waals surface area contributed by atoms with Crippen LogP contribution in [0, 0.1) is 6.92 Å². The fraction of sp³-hybridized carbons (Fsp3) is 0.160. The Bertz CT molecular complexity index is 1360. The molecule has 1 aliphatic carbocycles. The maximum atomic E-state index is 4.91. The fourth-order valence-corrected chi connectivity index (χ4v) is 4.83. The van der Waals surface area contributed by atoms with E-state index in [9.17, 15) is 0 Å². The van der Waals surface area contributed by atoms with E-state index in [-0.39, 0.29) is 0 Å². The second-order valence-corrected chi connectivity index (χ2v) is 7.60. The quantitative estimate of drug-likeness (QED) is 0.356. The van der Waals surface area contributed by atoms with Crippen LogP contribution in [0.1, 0.15) is 23.2 Å². The number of rotatable bonds is 1. The molecule has 3 aromatic carbocycles. The Balaban J connectivity index is 1.85. The summed E-state index contributed by atoms with van der Waals surface area (Å²) in [4.78, 5) is 4.91. The van der Waals surface area contributed by atoms with Crippen LogP contribution in [-0.2, 0) is 12.8 Å². The van der Waals surface area contributed by atoms with Crippen molar-refractivity contribution in [3.63, 3.8) is 0 Å². The SMILES string of the molecule is Cc1nc2ccccc2c2c1c1ccccc1n2-c1ccc2c(c1)CCC2. The second kappa shape index (κ2) is 5.43.